The minimum atomic E-state index is 0.622. The van der Waals surface area contributed by atoms with Gasteiger partial charge in [0.1, 0.15) is 0 Å². The fourth-order valence-corrected chi connectivity index (χ4v) is 2.26. The maximum Gasteiger partial charge on any atom is 0.0596 e. The van der Waals surface area contributed by atoms with Crippen molar-refractivity contribution in [3.8, 4) is 0 Å². The van der Waals surface area contributed by atoms with Crippen LogP contribution in [0, 0.1) is 0 Å². The second-order valence-corrected chi connectivity index (χ2v) is 4.37. The highest BCUT2D eigenvalue weighted by Crippen LogP contribution is 2.24. The number of hydrogen-bond donors (Lipinski definition) is 0. The molecule has 0 spiro atoms. The maximum absolute atomic E-state index is 2.62. The summed E-state index contributed by atoms with van der Waals surface area (Å²) in [5.74, 6) is 0. The van der Waals surface area contributed by atoms with E-state index in [0.717, 1.165) is 0 Å². The van der Waals surface area contributed by atoms with E-state index in [1.165, 1.54) is 19.4 Å². The van der Waals surface area contributed by atoms with Crippen LogP contribution in [0.1, 0.15) is 54.4 Å². The van der Waals surface area contributed by atoms with Crippen LogP contribution in [0.2, 0.25) is 0 Å². The first kappa shape index (κ1) is 14.9. The second kappa shape index (κ2) is 7.24. The van der Waals surface area contributed by atoms with Gasteiger partial charge in [-0.2, -0.15) is 0 Å². The highest BCUT2D eigenvalue weighted by atomic mass is 15.4. The third kappa shape index (κ3) is 3.46. The molecule has 1 rings (SSSR count). The van der Waals surface area contributed by atoms with Crippen molar-refractivity contribution >= 4 is 0 Å². The van der Waals surface area contributed by atoms with E-state index in [4.69, 9.17) is 0 Å². The largest absolute Gasteiger partial charge is 0.287 e. The van der Waals surface area contributed by atoms with Crippen LogP contribution in [-0.4, -0.2) is 41.6 Å². The summed E-state index contributed by atoms with van der Waals surface area (Å²) in [7, 11) is 2.23. The number of nitrogens with zero attached hydrogens (tertiary/aromatic N) is 2. The molecule has 1 aliphatic heterocycles. The van der Waals surface area contributed by atoms with Crippen LogP contribution in [0.5, 0.6) is 0 Å². The van der Waals surface area contributed by atoms with Crippen LogP contribution in [-0.2, 0) is 0 Å². The predicted octanol–water partition coefficient (Wildman–Crippen LogP) is 3.18. The molecule has 2 heteroatoms. The quantitative estimate of drug-likeness (QED) is 0.712. The van der Waals surface area contributed by atoms with E-state index in [-0.39, 0.29) is 0 Å². The van der Waals surface area contributed by atoms with Gasteiger partial charge in [0.2, 0.25) is 0 Å². The van der Waals surface area contributed by atoms with Crippen molar-refractivity contribution < 1.29 is 0 Å². The molecule has 15 heavy (non-hydrogen) atoms. The summed E-state index contributed by atoms with van der Waals surface area (Å²) in [6.45, 7) is 14.5. The summed E-state index contributed by atoms with van der Waals surface area (Å²) in [6, 6.07) is 1.42. The summed E-state index contributed by atoms with van der Waals surface area (Å²) >= 11 is 0. The molecule has 0 N–H and O–H groups in total. The number of likely N-dealkylation sites (N-methyl/N-ethyl adjacent to an activating group) is 1. The zero-order valence-corrected chi connectivity index (χ0v) is 11.7. The van der Waals surface area contributed by atoms with E-state index in [9.17, 15) is 0 Å². The van der Waals surface area contributed by atoms with Crippen molar-refractivity contribution in [2.75, 3.05) is 13.6 Å². The van der Waals surface area contributed by atoms with Gasteiger partial charge in [-0.1, -0.05) is 27.2 Å². The van der Waals surface area contributed by atoms with Crippen LogP contribution in [0.3, 0.4) is 0 Å². The average molecular weight is 214 g/mol. The van der Waals surface area contributed by atoms with Crippen LogP contribution in [0.4, 0.5) is 0 Å². The van der Waals surface area contributed by atoms with Gasteiger partial charge in [0.25, 0.3) is 0 Å². The van der Waals surface area contributed by atoms with Gasteiger partial charge in [-0.05, 0) is 40.8 Å². The van der Waals surface area contributed by atoms with Gasteiger partial charge >= 0.3 is 0 Å². The van der Waals surface area contributed by atoms with Gasteiger partial charge in [-0.15, -0.1) is 0 Å². The zero-order valence-electron chi connectivity index (χ0n) is 11.7. The molecule has 0 aromatic carbocycles. The fourth-order valence-electron chi connectivity index (χ4n) is 2.26. The third-order valence-corrected chi connectivity index (χ3v) is 3.70. The Labute approximate surface area is 96.6 Å². The normalized spacial score (nSPS) is 32.6. The Morgan fingerprint density at radius 1 is 1.00 bits per heavy atom. The summed E-state index contributed by atoms with van der Waals surface area (Å²) in [5.41, 5.74) is 0. The molecule has 1 saturated heterocycles. The molecule has 0 saturated carbocycles. The second-order valence-electron chi connectivity index (χ2n) is 4.37. The lowest BCUT2D eigenvalue weighted by atomic mass is 10.1. The van der Waals surface area contributed by atoms with Crippen LogP contribution in [0.25, 0.3) is 0 Å². The Morgan fingerprint density at radius 3 is 1.87 bits per heavy atom. The first-order chi connectivity index (χ1) is 7.09. The van der Waals surface area contributed by atoms with E-state index >= 15 is 0 Å². The molecule has 3 unspecified atom stereocenters. The Balaban J connectivity index is 0.000000921. The van der Waals surface area contributed by atoms with E-state index in [0.29, 0.717) is 18.2 Å². The van der Waals surface area contributed by atoms with Crippen molar-refractivity contribution in [1.29, 1.82) is 0 Å². The molecule has 0 aromatic heterocycles. The first-order valence-corrected chi connectivity index (χ1v) is 6.57. The van der Waals surface area contributed by atoms with Gasteiger partial charge in [0, 0.05) is 12.1 Å². The first-order valence-electron chi connectivity index (χ1n) is 6.57. The summed E-state index contributed by atoms with van der Waals surface area (Å²) in [6.07, 6.45) is 3.25. The van der Waals surface area contributed by atoms with Gasteiger partial charge < -0.3 is 0 Å². The van der Waals surface area contributed by atoms with E-state index in [2.05, 4.69) is 44.5 Å². The Kier molecular flexibility index (Phi) is 7.20. The van der Waals surface area contributed by atoms with Crippen LogP contribution < -0.4 is 0 Å². The fraction of sp³-hybridized carbons (Fsp3) is 1.00. The molecule has 1 heterocycles. The monoisotopic (exact) mass is 214 g/mol. The van der Waals surface area contributed by atoms with Gasteiger partial charge in [-0.3, -0.25) is 9.80 Å². The van der Waals surface area contributed by atoms with E-state index < -0.39 is 0 Å². The molecule has 92 valence electrons. The molecule has 0 radical (unpaired) electrons. The maximum atomic E-state index is 2.62. The minimum absolute atomic E-state index is 0.622. The van der Waals surface area contributed by atoms with Crippen molar-refractivity contribution in [2.24, 2.45) is 0 Å². The van der Waals surface area contributed by atoms with Crippen molar-refractivity contribution in [2.45, 2.75) is 72.6 Å². The lowest BCUT2D eigenvalue weighted by Crippen LogP contribution is -2.37. The average Bonchev–Trinajstić information content (AvgIpc) is 2.45. The molecule has 2 nitrogen and oxygen atoms in total. The molecule has 1 aliphatic rings. The molecule has 1 fully saturated rings. The summed E-state index contributed by atoms with van der Waals surface area (Å²) in [4.78, 5) is 5.09. The standard InChI is InChI=1S/C11H24N2.C2H6/c1-6-7-8-13-10(3)9(2)12(5)11(13)4;1-2/h9-11H,6-8H2,1-5H3;1-2H3. The lowest BCUT2D eigenvalue weighted by molar-refractivity contribution is 0.153. The molecular formula is C13H30N2. The smallest absolute Gasteiger partial charge is 0.0596 e. The molecular weight excluding hydrogens is 184 g/mol. The van der Waals surface area contributed by atoms with E-state index in [1.54, 1.807) is 0 Å². The minimum Gasteiger partial charge on any atom is -0.287 e. The highest BCUT2D eigenvalue weighted by Gasteiger charge is 2.36. The number of rotatable bonds is 3. The van der Waals surface area contributed by atoms with Gasteiger partial charge in [0.15, 0.2) is 0 Å². The molecule has 3 atom stereocenters. The summed E-state index contributed by atoms with van der Waals surface area (Å²) < 4.78 is 0. The van der Waals surface area contributed by atoms with E-state index in [1.807, 2.05) is 13.8 Å². The lowest BCUT2D eigenvalue weighted by Gasteiger charge is -2.26. The highest BCUT2D eigenvalue weighted by molar-refractivity contribution is 4.90. The number of unbranched alkanes of at least 4 members (excludes halogenated alkanes) is 1. The molecule has 0 aromatic rings. The number of hydrogen-bond acceptors (Lipinski definition) is 2. The van der Waals surface area contributed by atoms with Crippen LogP contribution >= 0.6 is 0 Å². The van der Waals surface area contributed by atoms with Gasteiger partial charge in [-0.25, -0.2) is 0 Å². The predicted molar refractivity (Wildman–Crippen MR) is 69.1 cm³/mol. The SMILES string of the molecule is CC.CCCCN1C(C)C(C)N(C)C1C. The topological polar surface area (TPSA) is 6.48 Å². The van der Waals surface area contributed by atoms with Crippen molar-refractivity contribution in [1.82, 2.24) is 9.80 Å². The Bertz CT molecular complexity index is 145. The van der Waals surface area contributed by atoms with Crippen LogP contribution in [0.15, 0.2) is 0 Å². The van der Waals surface area contributed by atoms with Crippen molar-refractivity contribution in [3.63, 3.8) is 0 Å². The molecule has 0 amide bonds. The van der Waals surface area contributed by atoms with Gasteiger partial charge in [0.05, 0.1) is 6.17 Å². The zero-order chi connectivity index (χ0) is 12.0. The molecule has 0 aliphatic carbocycles. The summed E-state index contributed by atoms with van der Waals surface area (Å²) in [5, 5.41) is 0. The third-order valence-electron chi connectivity index (χ3n) is 3.70. The Morgan fingerprint density at radius 2 is 1.53 bits per heavy atom. The Hall–Kier alpha value is -0.0800. The van der Waals surface area contributed by atoms with Crippen molar-refractivity contribution in [3.05, 3.63) is 0 Å². The molecule has 0 bridgehead atoms.